The number of imidazole rings is 1. The number of hydrogen-bond acceptors (Lipinski definition) is 5. The lowest BCUT2D eigenvalue weighted by molar-refractivity contribution is 0.460. The zero-order chi connectivity index (χ0) is 19.0. The summed E-state index contributed by atoms with van der Waals surface area (Å²) in [6.45, 7) is 3.80. The lowest BCUT2D eigenvalue weighted by atomic mass is 9.91. The van der Waals surface area contributed by atoms with Gasteiger partial charge < -0.3 is 21.2 Å². The number of pyridine rings is 2. The number of fused-ring (bicyclic) bond motifs is 1. The number of aliphatic imine (C=N–C) groups is 1. The minimum Gasteiger partial charge on any atom is -0.397 e. The summed E-state index contributed by atoms with van der Waals surface area (Å²) in [5.41, 5.74) is 15.6. The molecule has 27 heavy (non-hydrogen) atoms. The van der Waals surface area contributed by atoms with Crippen LogP contribution >= 0.6 is 0 Å². The van der Waals surface area contributed by atoms with Gasteiger partial charge in [0.2, 0.25) is 0 Å². The van der Waals surface area contributed by atoms with Crippen LogP contribution in [0.25, 0.3) is 5.65 Å². The van der Waals surface area contributed by atoms with Gasteiger partial charge in [0.05, 0.1) is 17.1 Å². The van der Waals surface area contributed by atoms with Crippen molar-refractivity contribution in [2.75, 3.05) is 18.8 Å². The number of nitrogen functional groups attached to an aromatic ring is 1. The summed E-state index contributed by atoms with van der Waals surface area (Å²) in [7, 11) is 0. The molecule has 0 bridgehead atoms. The predicted octanol–water partition coefficient (Wildman–Crippen LogP) is 2.26. The van der Waals surface area contributed by atoms with Crippen molar-refractivity contribution < 1.29 is 4.39 Å². The first-order chi connectivity index (χ1) is 13.0. The van der Waals surface area contributed by atoms with E-state index < -0.39 is 5.82 Å². The molecule has 0 aromatic carbocycles. The summed E-state index contributed by atoms with van der Waals surface area (Å²) in [5.74, 6) is 0.147. The van der Waals surface area contributed by atoms with Gasteiger partial charge in [0.25, 0.3) is 0 Å². The number of anilines is 1. The van der Waals surface area contributed by atoms with Crippen LogP contribution in [0.5, 0.6) is 0 Å². The molecule has 1 saturated heterocycles. The Bertz CT molecular complexity index is 1020. The first-order valence-electron chi connectivity index (χ1n) is 8.97. The summed E-state index contributed by atoms with van der Waals surface area (Å²) in [5, 5.41) is 3.35. The number of halogens is 1. The summed E-state index contributed by atoms with van der Waals surface area (Å²) < 4.78 is 15.8. The third-order valence-electron chi connectivity index (χ3n) is 4.85. The van der Waals surface area contributed by atoms with Crippen LogP contribution in [0.1, 0.15) is 35.7 Å². The second-order valence-corrected chi connectivity index (χ2v) is 6.89. The van der Waals surface area contributed by atoms with Crippen molar-refractivity contribution >= 4 is 22.9 Å². The number of aromatic nitrogens is 3. The van der Waals surface area contributed by atoms with E-state index in [1.807, 2.05) is 12.3 Å². The molecule has 1 aliphatic heterocycles. The van der Waals surface area contributed by atoms with Gasteiger partial charge in [0.1, 0.15) is 5.69 Å². The van der Waals surface area contributed by atoms with Crippen LogP contribution in [0.15, 0.2) is 35.7 Å². The Morgan fingerprint density at radius 2 is 2.07 bits per heavy atom. The number of rotatable bonds is 3. The van der Waals surface area contributed by atoms with Gasteiger partial charge in [-0.2, -0.15) is 0 Å². The van der Waals surface area contributed by atoms with Gasteiger partial charge in [-0.25, -0.2) is 14.4 Å². The highest BCUT2D eigenvalue weighted by molar-refractivity contribution is 6.01. The van der Waals surface area contributed by atoms with Crippen molar-refractivity contribution in [3.05, 3.63) is 53.5 Å². The Balaban J connectivity index is 1.64. The van der Waals surface area contributed by atoms with Gasteiger partial charge in [-0.15, -0.1) is 0 Å². The number of hydrogen-bond donors (Lipinski definition) is 3. The standard InChI is InChI=1S/C19H22FN7/c1-11-9-27-10-14(7-15(20)19(27)25-11)26-18(22)17-16(21)6-13(8-24-17)12-2-4-23-5-3-12/h6-10,12,23H,2-5,21H2,1H3,(H2,22,26). The Kier molecular flexibility index (Phi) is 4.49. The number of aryl methyl sites for hydroxylation is 1. The van der Waals surface area contributed by atoms with Crippen LogP contribution in [0.4, 0.5) is 15.8 Å². The predicted molar refractivity (Wildman–Crippen MR) is 104 cm³/mol. The van der Waals surface area contributed by atoms with E-state index in [0.29, 0.717) is 23.0 Å². The van der Waals surface area contributed by atoms with E-state index in [0.717, 1.165) is 37.2 Å². The third-order valence-corrected chi connectivity index (χ3v) is 4.85. The molecule has 0 amide bonds. The van der Waals surface area contributed by atoms with Crippen molar-refractivity contribution in [2.45, 2.75) is 25.7 Å². The van der Waals surface area contributed by atoms with E-state index >= 15 is 0 Å². The van der Waals surface area contributed by atoms with Crippen molar-refractivity contribution in [3.63, 3.8) is 0 Å². The molecule has 8 heteroatoms. The molecule has 4 rings (SSSR count). The van der Waals surface area contributed by atoms with Gasteiger partial charge >= 0.3 is 0 Å². The molecule has 4 heterocycles. The maximum atomic E-state index is 14.2. The van der Waals surface area contributed by atoms with E-state index in [1.54, 1.807) is 23.7 Å². The smallest absolute Gasteiger partial charge is 0.173 e. The van der Waals surface area contributed by atoms with Crippen LogP contribution in [-0.4, -0.2) is 33.3 Å². The second kappa shape index (κ2) is 6.96. The number of nitrogens with one attached hydrogen (secondary N) is 1. The summed E-state index contributed by atoms with van der Waals surface area (Å²) >= 11 is 0. The molecule has 3 aromatic rings. The van der Waals surface area contributed by atoms with Crippen LogP contribution in [-0.2, 0) is 0 Å². The average molecular weight is 367 g/mol. The minimum absolute atomic E-state index is 0.153. The van der Waals surface area contributed by atoms with Crippen molar-refractivity contribution in [3.8, 4) is 0 Å². The number of nitrogens with two attached hydrogens (primary N) is 2. The molecular formula is C19H22FN7. The van der Waals surface area contributed by atoms with Gasteiger partial charge in [-0.05, 0) is 50.4 Å². The Hall–Kier alpha value is -3.00. The second-order valence-electron chi connectivity index (χ2n) is 6.89. The van der Waals surface area contributed by atoms with Gasteiger partial charge in [-0.1, -0.05) is 0 Å². The number of nitrogens with zero attached hydrogens (tertiary/aromatic N) is 4. The van der Waals surface area contributed by atoms with E-state index in [9.17, 15) is 4.39 Å². The van der Waals surface area contributed by atoms with Gasteiger partial charge in [0.15, 0.2) is 17.3 Å². The average Bonchev–Trinajstić information content (AvgIpc) is 3.03. The molecule has 0 aliphatic carbocycles. The highest BCUT2D eigenvalue weighted by Gasteiger charge is 2.17. The molecule has 3 aromatic heterocycles. The van der Waals surface area contributed by atoms with E-state index in [2.05, 4.69) is 20.3 Å². The highest BCUT2D eigenvalue weighted by atomic mass is 19.1. The van der Waals surface area contributed by atoms with E-state index in [1.165, 1.54) is 6.07 Å². The number of piperidine rings is 1. The van der Waals surface area contributed by atoms with Crippen molar-refractivity contribution in [2.24, 2.45) is 10.7 Å². The third kappa shape index (κ3) is 3.48. The van der Waals surface area contributed by atoms with Crippen molar-refractivity contribution in [1.82, 2.24) is 19.7 Å². The minimum atomic E-state index is -0.459. The molecule has 0 unspecified atom stereocenters. The quantitative estimate of drug-likeness (QED) is 0.486. The van der Waals surface area contributed by atoms with Crippen LogP contribution in [0.3, 0.4) is 0 Å². The molecule has 7 nitrogen and oxygen atoms in total. The van der Waals surface area contributed by atoms with Crippen LogP contribution < -0.4 is 16.8 Å². The van der Waals surface area contributed by atoms with E-state index in [-0.39, 0.29) is 11.5 Å². The van der Waals surface area contributed by atoms with Crippen LogP contribution in [0.2, 0.25) is 0 Å². The molecule has 0 atom stereocenters. The molecule has 1 aliphatic rings. The maximum absolute atomic E-state index is 14.2. The zero-order valence-corrected chi connectivity index (χ0v) is 15.1. The molecular weight excluding hydrogens is 345 g/mol. The lowest BCUT2D eigenvalue weighted by Gasteiger charge is -2.23. The molecule has 0 saturated carbocycles. The first-order valence-corrected chi connectivity index (χ1v) is 8.97. The van der Waals surface area contributed by atoms with Crippen LogP contribution in [0, 0.1) is 12.7 Å². The van der Waals surface area contributed by atoms with Gasteiger partial charge in [0, 0.05) is 24.7 Å². The summed E-state index contributed by atoms with van der Waals surface area (Å²) in [6, 6.07) is 3.22. The summed E-state index contributed by atoms with van der Waals surface area (Å²) in [6.07, 6.45) is 7.34. The molecule has 140 valence electrons. The largest absolute Gasteiger partial charge is 0.397 e. The normalized spacial score (nSPS) is 16.1. The fraction of sp³-hybridized carbons (Fsp3) is 0.316. The maximum Gasteiger partial charge on any atom is 0.173 e. The molecule has 5 N–H and O–H groups in total. The number of amidine groups is 1. The lowest BCUT2D eigenvalue weighted by Crippen LogP contribution is -2.27. The Morgan fingerprint density at radius 1 is 1.30 bits per heavy atom. The zero-order valence-electron chi connectivity index (χ0n) is 15.1. The monoisotopic (exact) mass is 367 g/mol. The topological polar surface area (TPSA) is 107 Å². The molecule has 0 spiro atoms. The van der Waals surface area contributed by atoms with Crippen molar-refractivity contribution in [1.29, 1.82) is 0 Å². The van der Waals surface area contributed by atoms with E-state index in [4.69, 9.17) is 11.5 Å². The molecule has 0 radical (unpaired) electrons. The Morgan fingerprint density at radius 3 is 2.81 bits per heavy atom. The molecule has 1 fully saturated rings. The SMILES string of the molecule is Cc1cn2cc(N=C(N)c3ncc(C4CCNCC4)cc3N)cc(F)c2n1. The Labute approximate surface area is 156 Å². The highest BCUT2D eigenvalue weighted by Crippen LogP contribution is 2.27. The first kappa shape index (κ1) is 17.4. The fourth-order valence-corrected chi connectivity index (χ4v) is 3.51. The summed E-state index contributed by atoms with van der Waals surface area (Å²) in [4.78, 5) is 12.9. The van der Waals surface area contributed by atoms with Gasteiger partial charge in [-0.3, -0.25) is 4.98 Å². The fourth-order valence-electron chi connectivity index (χ4n) is 3.51.